The van der Waals surface area contributed by atoms with Crippen molar-refractivity contribution in [1.82, 2.24) is 10.3 Å². The van der Waals surface area contributed by atoms with Crippen LogP contribution in [0.15, 0.2) is 21.2 Å². The summed E-state index contributed by atoms with van der Waals surface area (Å²) in [6.07, 6.45) is 2.19. The molecule has 1 N–H and O–H groups in total. The van der Waals surface area contributed by atoms with Gasteiger partial charge in [0, 0.05) is 10.9 Å². The second-order valence-electron chi connectivity index (χ2n) is 5.82. The monoisotopic (exact) mass is 340 g/mol. The van der Waals surface area contributed by atoms with Gasteiger partial charge in [0.2, 0.25) is 0 Å². The van der Waals surface area contributed by atoms with Gasteiger partial charge in [-0.1, -0.05) is 13.8 Å². The summed E-state index contributed by atoms with van der Waals surface area (Å²) in [7, 11) is 2.03. The van der Waals surface area contributed by atoms with Gasteiger partial charge in [0.25, 0.3) is 0 Å². The molecule has 2 aromatic rings. The summed E-state index contributed by atoms with van der Waals surface area (Å²) in [6, 6.07) is 4.28. The number of rotatable bonds is 2. The number of halogens is 1. The molecule has 0 aromatic carbocycles. The Morgan fingerprint density at radius 1 is 1.47 bits per heavy atom. The summed E-state index contributed by atoms with van der Waals surface area (Å²) >= 11 is 5.09. The van der Waals surface area contributed by atoms with Gasteiger partial charge in [-0.05, 0) is 53.4 Å². The van der Waals surface area contributed by atoms with E-state index in [0.29, 0.717) is 11.5 Å². The lowest BCUT2D eigenvalue weighted by molar-refractivity contribution is 0.265. The quantitative estimate of drug-likeness (QED) is 0.880. The van der Waals surface area contributed by atoms with E-state index in [1.54, 1.807) is 11.3 Å². The highest BCUT2D eigenvalue weighted by molar-refractivity contribution is 9.10. The molecule has 0 fully saturated rings. The number of hydrogen-bond acceptors (Lipinski definition) is 4. The molecule has 102 valence electrons. The second kappa shape index (κ2) is 4.72. The van der Waals surface area contributed by atoms with Crippen LogP contribution in [0.5, 0.6) is 0 Å². The number of thiazole rings is 1. The van der Waals surface area contributed by atoms with E-state index >= 15 is 0 Å². The van der Waals surface area contributed by atoms with Gasteiger partial charge < -0.3 is 9.73 Å². The summed E-state index contributed by atoms with van der Waals surface area (Å²) in [6.45, 7) is 4.62. The summed E-state index contributed by atoms with van der Waals surface area (Å²) < 4.78 is 6.36. The first-order valence-electron chi connectivity index (χ1n) is 6.41. The Balaban J connectivity index is 2.02. The molecule has 1 aliphatic rings. The van der Waals surface area contributed by atoms with E-state index in [4.69, 9.17) is 9.40 Å². The highest BCUT2D eigenvalue weighted by Gasteiger charge is 2.34. The maximum absolute atomic E-state index is 5.61. The fraction of sp³-hybridized carbons (Fsp3) is 0.500. The molecule has 0 spiro atoms. The average Bonchev–Trinajstić information content (AvgIpc) is 2.92. The van der Waals surface area contributed by atoms with E-state index < -0.39 is 0 Å². The first-order valence-corrected chi connectivity index (χ1v) is 8.02. The summed E-state index contributed by atoms with van der Waals surface area (Å²) in [5.74, 6) is 0.846. The van der Waals surface area contributed by atoms with Crippen molar-refractivity contribution in [3.05, 3.63) is 27.4 Å². The van der Waals surface area contributed by atoms with Crippen LogP contribution >= 0.6 is 27.3 Å². The van der Waals surface area contributed by atoms with Gasteiger partial charge in [-0.25, -0.2) is 4.98 Å². The number of fused-ring (bicyclic) bond motifs is 1. The Kier molecular flexibility index (Phi) is 3.31. The molecule has 0 aliphatic heterocycles. The molecular formula is C14H17BrN2OS. The average molecular weight is 341 g/mol. The van der Waals surface area contributed by atoms with Gasteiger partial charge in [-0.2, -0.15) is 0 Å². The second-order valence-corrected chi connectivity index (χ2v) is 7.63. The van der Waals surface area contributed by atoms with Gasteiger partial charge in [-0.3, -0.25) is 0 Å². The Morgan fingerprint density at radius 3 is 2.89 bits per heavy atom. The van der Waals surface area contributed by atoms with Crippen LogP contribution in [-0.2, 0) is 6.42 Å². The molecule has 3 rings (SSSR count). The summed E-state index contributed by atoms with van der Waals surface area (Å²) in [4.78, 5) is 6.16. The maximum atomic E-state index is 5.61. The molecule has 0 saturated heterocycles. The molecule has 1 aliphatic carbocycles. The number of hydrogen-bond donors (Lipinski definition) is 1. The lowest BCUT2D eigenvalue weighted by atomic mass is 9.76. The number of nitrogens with zero attached hydrogens (tertiary/aromatic N) is 1. The fourth-order valence-corrected chi connectivity index (χ4v) is 4.16. The zero-order chi connectivity index (χ0) is 13.6. The molecule has 2 aromatic heterocycles. The van der Waals surface area contributed by atoms with Crippen LogP contribution in [0.4, 0.5) is 0 Å². The van der Waals surface area contributed by atoms with Crippen LogP contribution in [0.2, 0.25) is 0 Å². The molecule has 3 nitrogen and oxygen atoms in total. The van der Waals surface area contributed by atoms with Gasteiger partial charge in [0.05, 0.1) is 5.69 Å². The van der Waals surface area contributed by atoms with Crippen molar-refractivity contribution < 1.29 is 4.42 Å². The van der Waals surface area contributed by atoms with Crippen molar-refractivity contribution in [3.63, 3.8) is 0 Å². The standard InChI is InChI=1S/C14H17BrN2OS/c1-14(2)6-8(16-3)12-9(7-14)17-13(19-12)10-4-5-11(15)18-10/h4-5,8,16H,6-7H2,1-3H3. The SMILES string of the molecule is CNC1CC(C)(C)Cc2nc(-c3ccc(Br)o3)sc21. The van der Waals surface area contributed by atoms with Crippen molar-refractivity contribution in [2.24, 2.45) is 5.41 Å². The van der Waals surface area contributed by atoms with Crippen molar-refractivity contribution in [2.75, 3.05) is 7.05 Å². The molecule has 0 saturated carbocycles. The Labute approximate surface area is 125 Å². The van der Waals surface area contributed by atoms with Crippen LogP contribution < -0.4 is 5.32 Å². The first kappa shape index (κ1) is 13.3. The van der Waals surface area contributed by atoms with E-state index in [-0.39, 0.29) is 0 Å². The van der Waals surface area contributed by atoms with Gasteiger partial charge in [0.1, 0.15) is 0 Å². The molecular weight excluding hydrogens is 324 g/mol. The van der Waals surface area contributed by atoms with Crippen molar-refractivity contribution >= 4 is 27.3 Å². The van der Waals surface area contributed by atoms with Crippen molar-refractivity contribution in [2.45, 2.75) is 32.7 Å². The highest BCUT2D eigenvalue weighted by Crippen LogP contribution is 2.44. The third-order valence-corrected chi connectivity index (χ3v) is 5.23. The lowest BCUT2D eigenvalue weighted by Crippen LogP contribution is -2.30. The van der Waals surface area contributed by atoms with E-state index in [0.717, 1.165) is 28.3 Å². The molecule has 19 heavy (non-hydrogen) atoms. The van der Waals surface area contributed by atoms with Crippen LogP contribution in [0.1, 0.15) is 36.9 Å². The van der Waals surface area contributed by atoms with E-state index in [9.17, 15) is 0 Å². The third-order valence-electron chi connectivity index (χ3n) is 3.58. The molecule has 2 heterocycles. The van der Waals surface area contributed by atoms with Crippen LogP contribution in [0.25, 0.3) is 10.8 Å². The third kappa shape index (κ3) is 2.51. The predicted molar refractivity (Wildman–Crippen MR) is 81.4 cm³/mol. The van der Waals surface area contributed by atoms with E-state index in [1.165, 1.54) is 10.6 Å². The van der Waals surface area contributed by atoms with Crippen molar-refractivity contribution in [3.8, 4) is 10.8 Å². The minimum absolute atomic E-state index is 0.301. The molecule has 0 radical (unpaired) electrons. The minimum Gasteiger partial charge on any atom is -0.447 e. The summed E-state index contributed by atoms with van der Waals surface area (Å²) in [5.41, 5.74) is 1.53. The number of nitrogens with one attached hydrogen (secondary N) is 1. The maximum Gasteiger partial charge on any atom is 0.170 e. The summed E-state index contributed by atoms with van der Waals surface area (Å²) in [5, 5.41) is 4.40. The van der Waals surface area contributed by atoms with Gasteiger partial charge in [0.15, 0.2) is 15.4 Å². The Morgan fingerprint density at radius 2 is 2.26 bits per heavy atom. The van der Waals surface area contributed by atoms with Gasteiger partial charge >= 0.3 is 0 Å². The number of furan rings is 1. The van der Waals surface area contributed by atoms with Crippen LogP contribution in [0, 0.1) is 5.41 Å². The molecule has 0 amide bonds. The topological polar surface area (TPSA) is 38.1 Å². The Hall–Kier alpha value is -0.650. The largest absolute Gasteiger partial charge is 0.447 e. The lowest BCUT2D eigenvalue weighted by Gasteiger charge is -2.34. The fourth-order valence-electron chi connectivity index (χ4n) is 2.70. The minimum atomic E-state index is 0.301. The molecule has 0 bridgehead atoms. The molecule has 5 heteroatoms. The van der Waals surface area contributed by atoms with Crippen LogP contribution in [-0.4, -0.2) is 12.0 Å². The Bertz CT molecular complexity index is 602. The van der Waals surface area contributed by atoms with Gasteiger partial charge in [-0.15, -0.1) is 11.3 Å². The van der Waals surface area contributed by atoms with E-state index in [1.807, 2.05) is 19.2 Å². The van der Waals surface area contributed by atoms with E-state index in [2.05, 4.69) is 35.1 Å². The zero-order valence-electron chi connectivity index (χ0n) is 11.3. The smallest absolute Gasteiger partial charge is 0.170 e. The normalized spacial score (nSPS) is 21.4. The predicted octanol–water partition coefficient (Wildman–Crippen LogP) is 4.40. The molecule has 1 unspecified atom stereocenters. The number of aromatic nitrogens is 1. The highest BCUT2D eigenvalue weighted by atomic mass is 79.9. The van der Waals surface area contributed by atoms with Crippen molar-refractivity contribution in [1.29, 1.82) is 0 Å². The van der Waals surface area contributed by atoms with Crippen LogP contribution in [0.3, 0.4) is 0 Å². The first-order chi connectivity index (χ1) is 8.98. The molecule has 1 atom stereocenters. The zero-order valence-corrected chi connectivity index (χ0v) is 13.7.